The van der Waals surface area contributed by atoms with E-state index in [-0.39, 0.29) is 30.0 Å². The Morgan fingerprint density at radius 3 is 2.40 bits per heavy atom. The Labute approximate surface area is 124 Å². The van der Waals surface area contributed by atoms with Crippen LogP contribution in [0.2, 0.25) is 0 Å². The zero-order chi connectivity index (χ0) is 13.2. The minimum absolute atomic E-state index is 0. The van der Waals surface area contributed by atoms with Gasteiger partial charge in [0.15, 0.2) is 0 Å². The lowest BCUT2D eigenvalue weighted by atomic mass is 10.0. The monoisotopic (exact) mass is 298 g/mol. The highest BCUT2D eigenvalue weighted by molar-refractivity contribution is 5.85. The fourth-order valence-corrected chi connectivity index (χ4v) is 2.38. The Hall–Kier alpha value is -1.13. The molecule has 2 fully saturated rings. The third-order valence-corrected chi connectivity index (χ3v) is 3.90. The van der Waals surface area contributed by atoms with Crippen LogP contribution in [0.5, 0.6) is 0 Å². The molecule has 0 bridgehead atoms. The first kappa shape index (κ1) is 15.3. The second-order valence-corrected chi connectivity index (χ2v) is 5.64. The van der Waals surface area contributed by atoms with E-state index in [9.17, 15) is 9.18 Å². The molecule has 1 heterocycles. The van der Waals surface area contributed by atoms with Gasteiger partial charge in [-0.25, -0.2) is 4.39 Å². The van der Waals surface area contributed by atoms with Crippen molar-refractivity contribution in [3.05, 3.63) is 35.6 Å². The Kier molecular flexibility index (Phi) is 5.00. The lowest BCUT2D eigenvalue weighted by Crippen LogP contribution is -2.52. The quantitative estimate of drug-likeness (QED) is 0.904. The van der Waals surface area contributed by atoms with Gasteiger partial charge >= 0.3 is 0 Å². The normalized spacial score (nSPS) is 18.1. The summed E-state index contributed by atoms with van der Waals surface area (Å²) in [6, 6.07) is 6.45. The molecule has 3 rings (SSSR count). The van der Waals surface area contributed by atoms with Gasteiger partial charge in [-0.05, 0) is 36.5 Å². The van der Waals surface area contributed by atoms with Gasteiger partial charge in [-0.1, -0.05) is 12.1 Å². The van der Waals surface area contributed by atoms with Crippen molar-refractivity contribution in [1.29, 1.82) is 0 Å². The summed E-state index contributed by atoms with van der Waals surface area (Å²) in [5.41, 5.74) is 1.00. The van der Waals surface area contributed by atoms with Crippen LogP contribution < -0.4 is 5.32 Å². The molecule has 0 radical (unpaired) electrons. The van der Waals surface area contributed by atoms with Crippen molar-refractivity contribution in [3.8, 4) is 0 Å². The summed E-state index contributed by atoms with van der Waals surface area (Å²) in [5.74, 6) is 0.832. The molecule has 3 nitrogen and oxygen atoms in total. The molecule has 0 aromatic heterocycles. The molecule has 110 valence electrons. The summed E-state index contributed by atoms with van der Waals surface area (Å²) < 4.78 is 12.9. The van der Waals surface area contributed by atoms with E-state index in [2.05, 4.69) is 5.32 Å². The standard InChI is InChI=1S/C15H19FN2O.ClH/c16-14-5-3-12(4-6-14)10-18(9-11-1-2-11)15(19)13-7-17-8-13;/h3-6,11,13,17H,1-2,7-10H2;1H. The fraction of sp³-hybridized carbons (Fsp3) is 0.533. The molecule has 1 saturated carbocycles. The number of carbonyl (C=O) groups excluding carboxylic acids is 1. The van der Waals surface area contributed by atoms with Crippen molar-refractivity contribution < 1.29 is 9.18 Å². The Morgan fingerprint density at radius 1 is 1.25 bits per heavy atom. The molecule has 1 N–H and O–H groups in total. The summed E-state index contributed by atoms with van der Waals surface area (Å²) >= 11 is 0. The largest absolute Gasteiger partial charge is 0.338 e. The first-order valence-electron chi connectivity index (χ1n) is 6.96. The van der Waals surface area contributed by atoms with Gasteiger partial charge in [-0.15, -0.1) is 12.4 Å². The van der Waals surface area contributed by atoms with Crippen LogP contribution in [-0.2, 0) is 11.3 Å². The number of rotatable bonds is 5. The molecule has 2 aliphatic rings. The third kappa shape index (κ3) is 3.70. The van der Waals surface area contributed by atoms with Crippen molar-refractivity contribution in [3.63, 3.8) is 0 Å². The lowest BCUT2D eigenvalue weighted by molar-refractivity contribution is -0.138. The molecule has 1 aromatic rings. The Morgan fingerprint density at radius 2 is 1.90 bits per heavy atom. The molecule has 0 atom stereocenters. The number of benzene rings is 1. The summed E-state index contributed by atoms with van der Waals surface area (Å²) in [7, 11) is 0. The van der Waals surface area contributed by atoms with E-state index >= 15 is 0 Å². The molecule has 1 aliphatic carbocycles. The van der Waals surface area contributed by atoms with E-state index in [0.29, 0.717) is 12.5 Å². The topological polar surface area (TPSA) is 32.3 Å². The zero-order valence-corrected chi connectivity index (χ0v) is 12.2. The van der Waals surface area contributed by atoms with Gasteiger partial charge in [0.2, 0.25) is 5.91 Å². The number of hydrogen-bond donors (Lipinski definition) is 1. The van der Waals surface area contributed by atoms with Crippen LogP contribution in [0.25, 0.3) is 0 Å². The first-order chi connectivity index (χ1) is 9.22. The van der Waals surface area contributed by atoms with Crippen LogP contribution in [0.15, 0.2) is 24.3 Å². The van der Waals surface area contributed by atoms with Crippen LogP contribution in [0.3, 0.4) is 0 Å². The van der Waals surface area contributed by atoms with E-state index < -0.39 is 0 Å². The minimum atomic E-state index is -0.230. The fourth-order valence-electron chi connectivity index (χ4n) is 2.38. The molecule has 1 amide bonds. The number of amides is 1. The molecular formula is C15H20ClFN2O. The van der Waals surface area contributed by atoms with Gasteiger partial charge in [0.1, 0.15) is 5.82 Å². The van der Waals surface area contributed by atoms with Gasteiger partial charge in [0.05, 0.1) is 5.92 Å². The third-order valence-electron chi connectivity index (χ3n) is 3.90. The number of nitrogens with one attached hydrogen (secondary N) is 1. The smallest absolute Gasteiger partial charge is 0.228 e. The van der Waals surface area contributed by atoms with Crippen molar-refractivity contribution in [2.45, 2.75) is 19.4 Å². The molecule has 0 spiro atoms. The maximum atomic E-state index is 12.9. The molecule has 0 unspecified atom stereocenters. The molecule has 5 heteroatoms. The van der Waals surface area contributed by atoms with Gasteiger partial charge < -0.3 is 10.2 Å². The minimum Gasteiger partial charge on any atom is -0.338 e. The van der Waals surface area contributed by atoms with Crippen LogP contribution in [0.4, 0.5) is 4.39 Å². The summed E-state index contributed by atoms with van der Waals surface area (Å²) in [6.07, 6.45) is 2.46. The number of hydrogen-bond acceptors (Lipinski definition) is 2. The van der Waals surface area contributed by atoms with Crippen LogP contribution in [0, 0.1) is 17.7 Å². The van der Waals surface area contributed by atoms with Crippen molar-refractivity contribution in [1.82, 2.24) is 10.2 Å². The van der Waals surface area contributed by atoms with Gasteiger partial charge in [0.25, 0.3) is 0 Å². The van der Waals surface area contributed by atoms with Crippen LogP contribution >= 0.6 is 12.4 Å². The summed E-state index contributed by atoms with van der Waals surface area (Å²) in [6.45, 7) is 3.05. The number of nitrogens with zero attached hydrogens (tertiary/aromatic N) is 1. The van der Waals surface area contributed by atoms with Gasteiger partial charge in [-0.3, -0.25) is 4.79 Å². The number of halogens is 2. The van der Waals surface area contributed by atoms with Crippen LogP contribution in [-0.4, -0.2) is 30.4 Å². The van der Waals surface area contributed by atoms with Crippen molar-refractivity contribution in [2.75, 3.05) is 19.6 Å². The van der Waals surface area contributed by atoms with E-state index in [4.69, 9.17) is 0 Å². The molecule has 20 heavy (non-hydrogen) atoms. The average Bonchev–Trinajstić information content (AvgIpc) is 3.13. The zero-order valence-electron chi connectivity index (χ0n) is 11.3. The summed E-state index contributed by atoms with van der Waals surface area (Å²) in [5, 5.41) is 3.14. The van der Waals surface area contributed by atoms with E-state index in [1.165, 1.54) is 25.0 Å². The predicted molar refractivity (Wildman–Crippen MR) is 78.1 cm³/mol. The van der Waals surface area contributed by atoms with Gasteiger partial charge in [0, 0.05) is 26.2 Å². The Balaban J connectivity index is 0.00000147. The van der Waals surface area contributed by atoms with Crippen LogP contribution in [0.1, 0.15) is 18.4 Å². The highest BCUT2D eigenvalue weighted by atomic mass is 35.5. The van der Waals surface area contributed by atoms with Gasteiger partial charge in [-0.2, -0.15) is 0 Å². The van der Waals surface area contributed by atoms with E-state index in [1.807, 2.05) is 4.90 Å². The van der Waals surface area contributed by atoms with Crippen molar-refractivity contribution in [2.24, 2.45) is 11.8 Å². The summed E-state index contributed by atoms with van der Waals surface area (Å²) in [4.78, 5) is 14.3. The first-order valence-corrected chi connectivity index (χ1v) is 6.96. The highest BCUT2D eigenvalue weighted by Gasteiger charge is 2.32. The second-order valence-electron chi connectivity index (χ2n) is 5.64. The number of carbonyl (C=O) groups is 1. The maximum absolute atomic E-state index is 12.9. The lowest BCUT2D eigenvalue weighted by Gasteiger charge is -2.32. The Bertz CT molecular complexity index is 457. The van der Waals surface area contributed by atoms with E-state index in [0.717, 1.165) is 25.2 Å². The molecule has 1 saturated heterocycles. The molecule has 1 aliphatic heterocycles. The molecular weight excluding hydrogens is 279 g/mol. The predicted octanol–water partition coefficient (Wildman–Crippen LogP) is 2.21. The maximum Gasteiger partial charge on any atom is 0.228 e. The van der Waals surface area contributed by atoms with Crippen molar-refractivity contribution >= 4 is 18.3 Å². The average molecular weight is 299 g/mol. The van der Waals surface area contributed by atoms with E-state index in [1.54, 1.807) is 12.1 Å². The molecule has 1 aromatic carbocycles. The second kappa shape index (κ2) is 6.55. The highest BCUT2D eigenvalue weighted by Crippen LogP contribution is 2.31. The SMILES string of the molecule is Cl.O=C(C1CNC1)N(Cc1ccc(F)cc1)CC1CC1.